The number of carbonyl (C=O) groups is 3. The summed E-state index contributed by atoms with van der Waals surface area (Å²) >= 11 is 0. The van der Waals surface area contributed by atoms with E-state index in [4.69, 9.17) is 4.52 Å². The van der Waals surface area contributed by atoms with E-state index in [-0.39, 0.29) is 29.6 Å². The Balaban J connectivity index is 1.47. The Morgan fingerprint density at radius 2 is 1.55 bits per heavy atom. The van der Waals surface area contributed by atoms with Crippen LogP contribution in [0.5, 0.6) is 0 Å². The molecule has 0 saturated carbocycles. The van der Waals surface area contributed by atoms with Gasteiger partial charge in [-0.25, -0.2) is 0 Å². The van der Waals surface area contributed by atoms with Crippen molar-refractivity contribution < 1.29 is 18.9 Å². The third-order valence-electron chi connectivity index (χ3n) is 7.55. The monoisotopic (exact) mass is 499 g/mol. The first-order valence-electron chi connectivity index (χ1n) is 12.3. The number of carbonyl (C=O) groups excluding carboxylic acids is 3. The summed E-state index contributed by atoms with van der Waals surface area (Å²) in [5.41, 5.74) is 2.92. The summed E-state index contributed by atoms with van der Waals surface area (Å²) < 4.78 is 5.73. The Kier molecular flexibility index (Phi) is 4.66. The molecule has 3 aliphatic rings. The maximum Gasteiger partial charge on any atom is 0.259 e. The van der Waals surface area contributed by atoms with Crippen LogP contribution in [0.25, 0.3) is 12.2 Å². The van der Waals surface area contributed by atoms with Gasteiger partial charge in [-0.15, -0.1) is 0 Å². The lowest BCUT2D eigenvalue weighted by molar-refractivity contribution is -0.119. The molecular weight excluding hydrogens is 478 g/mol. The molecule has 1 aliphatic carbocycles. The summed E-state index contributed by atoms with van der Waals surface area (Å²) in [7, 11) is 0. The van der Waals surface area contributed by atoms with E-state index in [2.05, 4.69) is 10.5 Å². The van der Waals surface area contributed by atoms with E-state index >= 15 is 0 Å². The number of rotatable bonds is 3. The van der Waals surface area contributed by atoms with E-state index in [9.17, 15) is 14.4 Å². The molecule has 7 rings (SSSR count). The standard InChI is InChI=1S/C31H21N3O4/c1-18-27(25(38-33-18)16-15-19-9-3-2-4-10-19)34-17-22-26(29(36)21-12-6-5-11-20(21)28(22)35)31(34)23-13-7-8-14-24(23)32-30(31)37/h2-16H,17H2,1H3,(H,32,37)/b16-15+. The lowest BCUT2D eigenvalue weighted by Gasteiger charge is -2.37. The average molecular weight is 500 g/mol. The Labute approximate surface area is 218 Å². The highest BCUT2D eigenvalue weighted by molar-refractivity contribution is 6.33. The molecule has 38 heavy (non-hydrogen) atoms. The lowest BCUT2D eigenvalue weighted by atomic mass is 9.74. The molecule has 1 spiro atoms. The van der Waals surface area contributed by atoms with Crippen molar-refractivity contribution in [3.05, 3.63) is 124 Å². The molecule has 0 saturated heterocycles. The fraction of sp³-hybridized carbons (Fsp3) is 0.0968. The summed E-state index contributed by atoms with van der Waals surface area (Å²) in [5, 5.41) is 7.18. The van der Waals surface area contributed by atoms with Crippen LogP contribution < -0.4 is 10.2 Å². The van der Waals surface area contributed by atoms with Crippen LogP contribution in [0.4, 0.5) is 11.4 Å². The van der Waals surface area contributed by atoms with Crippen LogP contribution in [0.3, 0.4) is 0 Å². The minimum Gasteiger partial charge on any atom is -0.354 e. The second-order valence-electron chi connectivity index (χ2n) is 9.58. The molecule has 2 aliphatic heterocycles. The van der Waals surface area contributed by atoms with E-state index in [0.29, 0.717) is 45.1 Å². The molecule has 1 unspecified atom stereocenters. The van der Waals surface area contributed by atoms with Gasteiger partial charge in [-0.2, -0.15) is 0 Å². The number of para-hydroxylation sites is 1. The van der Waals surface area contributed by atoms with Gasteiger partial charge in [0.2, 0.25) is 0 Å². The Morgan fingerprint density at radius 3 is 2.34 bits per heavy atom. The second kappa shape index (κ2) is 7.98. The van der Waals surface area contributed by atoms with Gasteiger partial charge in [0.15, 0.2) is 22.9 Å². The molecule has 4 aromatic rings. The highest BCUT2D eigenvalue weighted by atomic mass is 16.5. The molecule has 1 amide bonds. The number of benzene rings is 3. The molecule has 0 bridgehead atoms. The molecule has 0 radical (unpaired) electrons. The van der Waals surface area contributed by atoms with Gasteiger partial charge >= 0.3 is 0 Å². The van der Waals surface area contributed by atoms with Gasteiger partial charge in [0.25, 0.3) is 5.91 Å². The fourth-order valence-corrected chi connectivity index (χ4v) is 5.93. The minimum atomic E-state index is -1.54. The van der Waals surface area contributed by atoms with Crippen molar-refractivity contribution in [3.63, 3.8) is 0 Å². The number of hydrogen-bond donors (Lipinski definition) is 1. The molecule has 7 heteroatoms. The van der Waals surface area contributed by atoms with Gasteiger partial charge in [0.05, 0.1) is 0 Å². The van der Waals surface area contributed by atoms with Gasteiger partial charge in [-0.3, -0.25) is 14.4 Å². The second-order valence-corrected chi connectivity index (χ2v) is 9.58. The predicted octanol–water partition coefficient (Wildman–Crippen LogP) is 5.20. The van der Waals surface area contributed by atoms with Crippen molar-refractivity contribution in [1.29, 1.82) is 0 Å². The average Bonchev–Trinajstić information content (AvgIpc) is 3.59. The Morgan fingerprint density at radius 1 is 0.868 bits per heavy atom. The molecule has 3 aromatic carbocycles. The van der Waals surface area contributed by atoms with Crippen molar-refractivity contribution in [2.24, 2.45) is 0 Å². The van der Waals surface area contributed by atoms with Crippen LogP contribution in [-0.4, -0.2) is 29.2 Å². The smallest absolute Gasteiger partial charge is 0.259 e. The fourth-order valence-electron chi connectivity index (χ4n) is 5.93. The van der Waals surface area contributed by atoms with Crippen LogP contribution in [0, 0.1) is 6.92 Å². The third-order valence-corrected chi connectivity index (χ3v) is 7.55. The summed E-state index contributed by atoms with van der Waals surface area (Å²) in [5.74, 6) is -0.521. The van der Waals surface area contributed by atoms with Crippen LogP contribution in [0.1, 0.15) is 43.3 Å². The van der Waals surface area contributed by atoms with Gasteiger partial charge in [-0.05, 0) is 24.6 Å². The topological polar surface area (TPSA) is 92.5 Å². The van der Waals surface area contributed by atoms with Crippen LogP contribution in [0.2, 0.25) is 0 Å². The number of Topliss-reactive ketones (excluding diaryl/α,β-unsaturated/α-hetero) is 2. The number of anilines is 2. The van der Waals surface area contributed by atoms with Gasteiger partial charge in [-0.1, -0.05) is 84.0 Å². The lowest BCUT2D eigenvalue weighted by Crippen LogP contribution is -2.51. The number of nitrogens with one attached hydrogen (secondary N) is 1. The number of hydrogen-bond acceptors (Lipinski definition) is 6. The van der Waals surface area contributed by atoms with Crippen LogP contribution >= 0.6 is 0 Å². The first-order valence-corrected chi connectivity index (χ1v) is 12.3. The predicted molar refractivity (Wildman–Crippen MR) is 143 cm³/mol. The van der Waals surface area contributed by atoms with E-state index in [1.54, 1.807) is 43.3 Å². The zero-order chi connectivity index (χ0) is 26.0. The number of fused-ring (bicyclic) bond motifs is 4. The summed E-state index contributed by atoms with van der Waals surface area (Å²) in [4.78, 5) is 43.7. The SMILES string of the molecule is Cc1noc(/C=C/c2ccccc2)c1N1CC2=C(C(=O)c3ccccc3C2=O)C12C(=O)Nc1ccccc12. The molecule has 1 aromatic heterocycles. The first kappa shape index (κ1) is 22.2. The summed E-state index contributed by atoms with van der Waals surface area (Å²) in [6.45, 7) is 1.85. The molecule has 1 atom stereocenters. The number of aryl methyl sites for hydroxylation is 1. The van der Waals surface area contributed by atoms with Gasteiger partial charge in [0.1, 0.15) is 11.4 Å². The van der Waals surface area contributed by atoms with E-state index in [1.165, 1.54) is 0 Å². The van der Waals surface area contributed by atoms with Crippen molar-refractivity contribution in [2.75, 3.05) is 16.8 Å². The zero-order valence-electron chi connectivity index (χ0n) is 20.4. The minimum absolute atomic E-state index is 0.0597. The molecule has 0 fully saturated rings. The largest absolute Gasteiger partial charge is 0.354 e. The van der Waals surface area contributed by atoms with Crippen molar-refractivity contribution in [1.82, 2.24) is 5.16 Å². The number of ketones is 2. The maximum absolute atomic E-state index is 14.1. The van der Waals surface area contributed by atoms with Crippen LogP contribution in [0.15, 0.2) is 94.5 Å². The van der Waals surface area contributed by atoms with Crippen molar-refractivity contribution >= 4 is 41.0 Å². The molecule has 1 N–H and O–H groups in total. The maximum atomic E-state index is 14.1. The van der Waals surface area contributed by atoms with E-state index in [1.807, 2.05) is 59.5 Å². The first-order chi connectivity index (χ1) is 18.5. The number of aromatic nitrogens is 1. The Hall–Kier alpha value is -5.04. The summed E-state index contributed by atoms with van der Waals surface area (Å²) in [6.07, 6.45) is 3.70. The summed E-state index contributed by atoms with van der Waals surface area (Å²) in [6, 6.07) is 23.8. The van der Waals surface area contributed by atoms with E-state index in [0.717, 1.165) is 5.56 Å². The van der Waals surface area contributed by atoms with Gasteiger partial charge < -0.3 is 14.7 Å². The van der Waals surface area contributed by atoms with E-state index < -0.39 is 5.54 Å². The van der Waals surface area contributed by atoms with Gasteiger partial charge in [0, 0.05) is 40.1 Å². The molecule has 3 heterocycles. The highest BCUT2D eigenvalue weighted by Crippen LogP contribution is 2.55. The molecule has 184 valence electrons. The van der Waals surface area contributed by atoms with Crippen molar-refractivity contribution in [3.8, 4) is 0 Å². The van der Waals surface area contributed by atoms with Crippen molar-refractivity contribution in [2.45, 2.75) is 12.5 Å². The number of nitrogens with zero attached hydrogens (tertiary/aromatic N) is 2. The normalized spacial score (nSPS) is 19.8. The van der Waals surface area contributed by atoms with Crippen LogP contribution in [-0.2, 0) is 10.3 Å². The number of amides is 1. The Bertz CT molecular complexity index is 1750. The highest BCUT2D eigenvalue weighted by Gasteiger charge is 2.63. The molecule has 7 nitrogen and oxygen atoms in total. The zero-order valence-corrected chi connectivity index (χ0v) is 20.4. The molecular formula is C31H21N3O4. The third kappa shape index (κ3) is 2.84. The quantitative estimate of drug-likeness (QED) is 0.417.